The van der Waals surface area contributed by atoms with Crippen LogP contribution in [-0.4, -0.2) is 15.9 Å². The summed E-state index contributed by atoms with van der Waals surface area (Å²) in [6, 6.07) is 18.7. The third-order valence-electron chi connectivity index (χ3n) is 5.86. The monoisotopic (exact) mass is 427 g/mol. The summed E-state index contributed by atoms with van der Waals surface area (Å²) >= 11 is 1.75. The second-order valence-corrected chi connectivity index (χ2v) is 9.14. The van der Waals surface area contributed by atoms with E-state index in [0.29, 0.717) is 12.2 Å². The van der Waals surface area contributed by atoms with Crippen LogP contribution in [0.4, 0.5) is 5.82 Å². The molecule has 1 N–H and O–H groups in total. The summed E-state index contributed by atoms with van der Waals surface area (Å²) in [5.41, 5.74) is 6.61. The molecule has 2 heterocycles. The van der Waals surface area contributed by atoms with Gasteiger partial charge in [-0.3, -0.25) is 4.79 Å². The van der Waals surface area contributed by atoms with Crippen molar-refractivity contribution in [1.29, 1.82) is 0 Å². The van der Waals surface area contributed by atoms with Crippen molar-refractivity contribution < 1.29 is 4.79 Å². The van der Waals surface area contributed by atoms with E-state index in [9.17, 15) is 4.79 Å². The summed E-state index contributed by atoms with van der Waals surface area (Å²) in [5, 5.41) is 5.41. The lowest BCUT2D eigenvalue weighted by Gasteiger charge is -2.22. The fraction of sp³-hybridized carbons (Fsp3) is 0.269. The zero-order valence-corrected chi connectivity index (χ0v) is 18.2. The van der Waals surface area contributed by atoms with Crippen LogP contribution < -0.4 is 5.32 Å². The summed E-state index contributed by atoms with van der Waals surface area (Å²) in [4.78, 5) is 22.7. The molecule has 2 aromatic carbocycles. The largest absolute Gasteiger partial charge is 0.309 e. The van der Waals surface area contributed by atoms with Gasteiger partial charge in [0.25, 0.3) is 0 Å². The molecule has 31 heavy (non-hydrogen) atoms. The number of hydrogen-bond donors (Lipinski definition) is 1. The van der Waals surface area contributed by atoms with E-state index in [1.807, 2.05) is 18.2 Å². The van der Waals surface area contributed by atoms with E-state index in [-0.39, 0.29) is 11.2 Å². The highest BCUT2D eigenvalue weighted by molar-refractivity contribution is 8.02. The number of hydrogen-bond acceptors (Lipinski definition) is 4. The summed E-state index contributed by atoms with van der Waals surface area (Å²) in [6.45, 7) is 0. The maximum atomic E-state index is 12.7. The minimum Gasteiger partial charge on any atom is -0.309 e. The van der Waals surface area contributed by atoms with Gasteiger partial charge in [0.15, 0.2) is 5.82 Å². The molecule has 1 amide bonds. The van der Waals surface area contributed by atoms with Gasteiger partial charge in [0.1, 0.15) is 0 Å². The Morgan fingerprint density at radius 2 is 1.87 bits per heavy atom. The van der Waals surface area contributed by atoms with Crippen molar-refractivity contribution >= 4 is 23.5 Å². The van der Waals surface area contributed by atoms with E-state index < -0.39 is 0 Å². The van der Waals surface area contributed by atoms with Crippen molar-refractivity contribution in [2.24, 2.45) is 0 Å². The highest BCUT2D eigenvalue weighted by atomic mass is 32.2. The number of nitrogens with one attached hydrogen (secondary N) is 1. The van der Waals surface area contributed by atoms with Crippen LogP contribution in [0.25, 0.3) is 11.3 Å². The number of carbonyl (C=O) groups excluding carboxylic acids is 1. The highest BCUT2D eigenvalue weighted by Crippen LogP contribution is 2.42. The van der Waals surface area contributed by atoms with Crippen LogP contribution in [0.2, 0.25) is 0 Å². The molecule has 1 unspecified atom stereocenters. The van der Waals surface area contributed by atoms with Gasteiger partial charge in [0.05, 0.1) is 22.3 Å². The number of nitrogens with zero attached hydrogens (tertiary/aromatic N) is 2. The quantitative estimate of drug-likeness (QED) is 0.532. The highest BCUT2D eigenvalue weighted by Gasteiger charge is 2.26. The summed E-state index contributed by atoms with van der Waals surface area (Å²) in [6.07, 6.45) is 7.08. The molecule has 1 atom stereocenters. The zero-order chi connectivity index (χ0) is 21.0. The van der Waals surface area contributed by atoms with Gasteiger partial charge in [-0.25, -0.2) is 9.97 Å². The number of allylic oxidation sites excluding steroid dienone is 1. The van der Waals surface area contributed by atoms with Gasteiger partial charge in [-0.2, -0.15) is 0 Å². The fourth-order valence-electron chi connectivity index (χ4n) is 4.27. The number of thioether (sulfide) groups is 1. The lowest BCUT2D eigenvalue weighted by Crippen LogP contribution is -2.19. The summed E-state index contributed by atoms with van der Waals surface area (Å²) < 4.78 is 0. The van der Waals surface area contributed by atoms with E-state index >= 15 is 0 Å². The maximum Gasteiger partial charge on any atom is 0.225 e. The number of amides is 1. The van der Waals surface area contributed by atoms with Crippen LogP contribution in [-0.2, 0) is 24.1 Å². The van der Waals surface area contributed by atoms with Crippen molar-refractivity contribution in [3.63, 3.8) is 0 Å². The second kappa shape index (κ2) is 9.06. The summed E-state index contributed by atoms with van der Waals surface area (Å²) in [5.74, 6) is 0.655. The molecule has 0 saturated heterocycles. The lowest BCUT2D eigenvalue weighted by molar-refractivity contribution is -0.116. The smallest absolute Gasteiger partial charge is 0.225 e. The third kappa shape index (κ3) is 4.42. The Bertz CT molecular complexity index is 1120. The molecule has 4 nitrogen and oxygen atoms in total. The Morgan fingerprint density at radius 3 is 2.71 bits per heavy atom. The first-order valence-corrected chi connectivity index (χ1v) is 11.9. The zero-order valence-electron chi connectivity index (χ0n) is 17.4. The number of aromatic nitrogens is 2. The van der Waals surface area contributed by atoms with Crippen LogP contribution in [0.3, 0.4) is 0 Å². The number of carbonyl (C=O) groups is 1. The van der Waals surface area contributed by atoms with Crippen LogP contribution in [0.15, 0.2) is 66.1 Å². The standard InChI is InChI=1S/C26H25N3OS/c30-23(14-6-10-18-8-2-1-3-9-18)28-26-25(22-13-7-17-31-22)29-24-20-12-5-4-11-19(20)15-16-21(24)27-26/h1-5,7-9,11-12,17,22H,6,10,13-16H2,(H,27,28,30). The van der Waals surface area contributed by atoms with Crippen LogP contribution >= 0.6 is 11.8 Å². The van der Waals surface area contributed by atoms with Crippen molar-refractivity contribution in [3.05, 3.63) is 88.6 Å². The van der Waals surface area contributed by atoms with Gasteiger partial charge in [-0.1, -0.05) is 60.7 Å². The Labute approximate surface area is 187 Å². The molecule has 1 aliphatic carbocycles. The number of rotatable bonds is 6. The van der Waals surface area contributed by atoms with Crippen molar-refractivity contribution in [3.8, 4) is 11.3 Å². The van der Waals surface area contributed by atoms with Crippen LogP contribution in [0.5, 0.6) is 0 Å². The normalized spacial score (nSPS) is 16.6. The van der Waals surface area contributed by atoms with Crippen molar-refractivity contribution in [2.45, 2.75) is 43.8 Å². The third-order valence-corrected chi connectivity index (χ3v) is 6.96. The van der Waals surface area contributed by atoms with Crippen LogP contribution in [0.1, 0.15) is 47.0 Å². The molecule has 0 fully saturated rings. The van der Waals surface area contributed by atoms with E-state index in [2.05, 4.69) is 53.2 Å². The van der Waals surface area contributed by atoms with Gasteiger partial charge in [0.2, 0.25) is 5.91 Å². The van der Waals surface area contributed by atoms with E-state index in [4.69, 9.17) is 9.97 Å². The maximum absolute atomic E-state index is 12.7. The molecule has 0 bridgehead atoms. The number of fused-ring (bicyclic) bond motifs is 3. The molecule has 1 aliphatic heterocycles. The minimum absolute atomic E-state index is 0.0126. The molecule has 5 rings (SSSR count). The molecular formula is C26H25N3OS. The molecule has 0 saturated carbocycles. The van der Waals surface area contributed by atoms with E-state index in [1.165, 1.54) is 16.7 Å². The topological polar surface area (TPSA) is 54.9 Å². The fourth-order valence-corrected chi connectivity index (χ4v) is 5.19. The first-order chi connectivity index (χ1) is 15.3. The lowest BCUT2D eigenvalue weighted by atomic mass is 9.91. The van der Waals surface area contributed by atoms with Gasteiger partial charge < -0.3 is 5.32 Å². The molecule has 0 spiro atoms. The predicted octanol–water partition coefficient (Wildman–Crippen LogP) is 5.90. The number of anilines is 1. The second-order valence-electron chi connectivity index (χ2n) is 8.03. The molecule has 156 valence electrons. The Hall–Kier alpha value is -2.92. The number of benzene rings is 2. The van der Waals surface area contributed by atoms with Crippen molar-refractivity contribution in [1.82, 2.24) is 9.97 Å². The molecule has 0 radical (unpaired) electrons. The van der Waals surface area contributed by atoms with Gasteiger partial charge in [-0.05, 0) is 48.6 Å². The van der Waals surface area contributed by atoms with Crippen LogP contribution in [0, 0.1) is 0 Å². The minimum atomic E-state index is 0.0126. The Kier molecular flexibility index (Phi) is 5.85. The average Bonchev–Trinajstić information content (AvgIpc) is 3.34. The van der Waals surface area contributed by atoms with E-state index in [0.717, 1.165) is 49.2 Å². The molecule has 3 aromatic rings. The molecule has 2 aliphatic rings. The van der Waals surface area contributed by atoms with E-state index in [1.54, 1.807) is 11.8 Å². The summed E-state index contributed by atoms with van der Waals surface area (Å²) in [7, 11) is 0. The Balaban J connectivity index is 1.37. The SMILES string of the molecule is O=C(CCCc1ccccc1)Nc1nc2c(nc1C1CC=CS1)-c1ccccc1CC2. The molecule has 5 heteroatoms. The molecular weight excluding hydrogens is 402 g/mol. The number of aryl methyl sites for hydroxylation is 3. The first-order valence-electron chi connectivity index (χ1n) is 10.9. The Morgan fingerprint density at radius 1 is 1.03 bits per heavy atom. The van der Waals surface area contributed by atoms with Gasteiger partial charge in [0, 0.05) is 12.0 Å². The average molecular weight is 428 g/mol. The van der Waals surface area contributed by atoms with Crippen molar-refractivity contribution in [2.75, 3.05) is 5.32 Å². The van der Waals surface area contributed by atoms with Gasteiger partial charge in [-0.15, -0.1) is 11.8 Å². The molecule has 1 aromatic heterocycles. The van der Waals surface area contributed by atoms with Gasteiger partial charge >= 0.3 is 0 Å². The first kappa shape index (κ1) is 20.0. The predicted molar refractivity (Wildman–Crippen MR) is 127 cm³/mol.